The minimum Gasteiger partial charge on any atom is -0.497 e. The molecular weight excluding hydrogens is 480 g/mol. The molecule has 0 amide bonds. The average Bonchev–Trinajstić information content (AvgIpc) is 3.21. The predicted octanol–water partition coefficient (Wildman–Crippen LogP) is 4.67. The minimum atomic E-state index is -0.413. The number of ether oxygens (including phenoxy) is 2. The molecule has 0 saturated carbocycles. The molecule has 3 aromatic rings. The summed E-state index contributed by atoms with van der Waals surface area (Å²) < 4.78 is 13.1. The maximum absolute atomic E-state index is 12.8. The quantitative estimate of drug-likeness (QED) is 0.362. The molecule has 2 aromatic carbocycles. The number of benzene rings is 2. The van der Waals surface area contributed by atoms with Crippen LogP contribution in [0.1, 0.15) is 12.5 Å². The van der Waals surface area contributed by atoms with Gasteiger partial charge in [-0.1, -0.05) is 39.8 Å². The Morgan fingerprint density at radius 1 is 1.23 bits per heavy atom. The van der Waals surface area contributed by atoms with Gasteiger partial charge in [0.15, 0.2) is 5.82 Å². The molecule has 0 spiro atoms. The molecule has 2 heterocycles. The Morgan fingerprint density at radius 3 is 2.74 bits per heavy atom. The van der Waals surface area contributed by atoms with Gasteiger partial charge in [0.1, 0.15) is 5.75 Å². The fourth-order valence-electron chi connectivity index (χ4n) is 3.01. The second kappa shape index (κ2) is 9.49. The first-order valence-electron chi connectivity index (χ1n) is 9.54. The summed E-state index contributed by atoms with van der Waals surface area (Å²) in [6, 6.07) is 15.2. The van der Waals surface area contributed by atoms with Crippen LogP contribution in [-0.2, 0) is 9.53 Å². The second-order valence-electron chi connectivity index (χ2n) is 6.52. The zero-order chi connectivity index (χ0) is 21.8. The standard InChI is InChI=1S/C22H19BrN4O3S/c1-3-30-21(28)18(12-14-5-4-6-16(23)11-14)19-13-31-22-25-24-20(27(22)26-19)15-7-9-17(29-2)10-8-15/h4-12H,3,13H2,1-2H3/b18-12+. The van der Waals surface area contributed by atoms with Gasteiger partial charge in [0.05, 0.1) is 25.0 Å². The Morgan fingerprint density at radius 2 is 2.03 bits per heavy atom. The molecular formula is C22H19BrN4O3S. The summed E-state index contributed by atoms with van der Waals surface area (Å²) in [5.41, 5.74) is 2.73. The van der Waals surface area contributed by atoms with Crippen LogP contribution in [0.4, 0.5) is 0 Å². The van der Waals surface area contributed by atoms with E-state index in [1.54, 1.807) is 24.8 Å². The zero-order valence-corrected chi connectivity index (χ0v) is 19.3. The second-order valence-corrected chi connectivity index (χ2v) is 8.37. The van der Waals surface area contributed by atoms with E-state index in [0.29, 0.717) is 28.0 Å². The van der Waals surface area contributed by atoms with E-state index < -0.39 is 5.97 Å². The molecule has 0 saturated heterocycles. The summed E-state index contributed by atoms with van der Waals surface area (Å²) >= 11 is 4.94. The SMILES string of the molecule is CCOC(=O)/C(=C/c1cccc(Br)c1)C1=Nn2c(nnc2-c2ccc(OC)cc2)SC1. The number of hydrogen-bond donors (Lipinski definition) is 0. The molecule has 1 aliphatic heterocycles. The molecule has 31 heavy (non-hydrogen) atoms. The highest BCUT2D eigenvalue weighted by Crippen LogP contribution is 2.30. The maximum atomic E-state index is 12.8. The van der Waals surface area contributed by atoms with Gasteiger partial charge in [0, 0.05) is 15.8 Å². The number of nitrogens with zero attached hydrogens (tertiary/aromatic N) is 4. The van der Waals surface area contributed by atoms with E-state index >= 15 is 0 Å². The van der Waals surface area contributed by atoms with Crippen LogP contribution in [0.5, 0.6) is 5.75 Å². The maximum Gasteiger partial charge on any atom is 0.340 e. The predicted molar refractivity (Wildman–Crippen MR) is 124 cm³/mol. The van der Waals surface area contributed by atoms with Crippen LogP contribution < -0.4 is 4.74 Å². The van der Waals surface area contributed by atoms with Crippen LogP contribution in [0.3, 0.4) is 0 Å². The summed E-state index contributed by atoms with van der Waals surface area (Å²) in [4.78, 5) is 12.8. The number of carbonyl (C=O) groups is 1. The van der Waals surface area contributed by atoms with Gasteiger partial charge in [-0.25, -0.2) is 4.79 Å². The molecule has 9 heteroatoms. The molecule has 0 fully saturated rings. The number of thioether (sulfide) groups is 1. The third-order valence-electron chi connectivity index (χ3n) is 4.48. The molecule has 0 unspecified atom stereocenters. The van der Waals surface area contributed by atoms with Crippen molar-refractivity contribution in [3.63, 3.8) is 0 Å². The van der Waals surface area contributed by atoms with Crippen LogP contribution >= 0.6 is 27.7 Å². The minimum absolute atomic E-state index is 0.282. The smallest absolute Gasteiger partial charge is 0.340 e. The largest absolute Gasteiger partial charge is 0.497 e. The zero-order valence-electron chi connectivity index (χ0n) is 16.9. The number of fused-ring (bicyclic) bond motifs is 1. The third kappa shape index (κ3) is 4.72. The van der Waals surface area contributed by atoms with Crippen LogP contribution in [0, 0.1) is 0 Å². The van der Waals surface area contributed by atoms with Crippen LogP contribution in [-0.4, -0.2) is 46.0 Å². The molecule has 4 rings (SSSR count). The van der Waals surface area contributed by atoms with E-state index in [1.807, 2.05) is 48.5 Å². The molecule has 0 bridgehead atoms. The van der Waals surface area contributed by atoms with E-state index in [0.717, 1.165) is 21.3 Å². The summed E-state index contributed by atoms with van der Waals surface area (Å²) in [5, 5.41) is 13.9. The molecule has 0 N–H and O–H groups in total. The monoisotopic (exact) mass is 498 g/mol. The molecule has 0 aliphatic carbocycles. The first-order chi connectivity index (χ1) is 15.1. The van der Waals surface area contributed by atoms with Gasteiger partial charge in [-0.2, -0.15) is 9.78 Å². The van der Waals surface area contributed by atoms with Crippen molar-refractivity contribution in [1.82, 2.24) is 14.9 Å². The van der Waals surface area contributed by atoms with E-state index in [9.17, 15) is 4.79 Å². The van der Waals surface area contributed by atoms with Crippen molar-refractivity contribution in [3.05, 3.63) is 64.1 Å². The lowest BCUT2D eigenvalue weighted by atomic mass is 10.1. The summed E-state index contributed by atoms with van der Waals surface area (Å²) in [7, 11) is 1.62. The van der Waals surface area contributed by atoms with Crippen molar-refractivity contribution in [1.29, 1.82) is 0 Å². The number of aromatic nitrogens is 3. The fraction of sp³-hybridized carbons (Fsp3) is 0.182. The molecule has 0 radical (unpaired) electrons. The number of rotatable bonds is 6. The van der Waals surface area contributed by atoms with Gasteiger partial charge in [0.25, 0.3) is 0 Å². The lowest BCUT2D eigenvalue weighted by Crippen LogP contribution is -2.21. The van der Waals surface area contributed by atoms with Gasteiger partial charge in [-0.3, -0.25) is 0 Å². The van der Waals surface area contributed by atoms with Gasteiger partial charge in [-0.15, -0.1) is 10.2 Å². The topological polar surface area (TPSA) is 78.6 Å². The highest BCUT2D eigenvalue weighted by Gasteiger charge is 2.25. The number of hydrogen-bond acceptors (Lipinski definition) is 7. The highest BCUT2D eigenvalue weighted by atomic mass is 79.9. The van der Waals surface area contributed by atoms with Crippen molar-refractivity contribution >= 4 is 45.4 Å². The van der Waals surface area contributed by atoms with E-state index in [2.05, 4.69) is 26.1 Å². The van der Waals surface area contributed by atoms with Gasteiger partial charge >= 0.3 is 5.97 Å². The first-order valence-corrected chi connectivity index (χ1v) is 11.3. The normalized spacial score (nSPS) is 13.4. The molecule has 0 atom stereocenters. The highest BCUT2D eigenvalue weighted by molar-refractivity contribution is 9.10. The number of carbonyl (C=O) groups excluding carboxylic acids is 1. The molecule has 1 aliphatic rings. The third-order valence-corrected chi connectivity index (χ3v) is 5.91. The fourth-order valence-corrected chi connectivity index (χ4v) is 4.26. The Hall–Kier alpha value is -2.91. The molecule has 158 valence electrons. The Kier molecular flexibility index (Phi) is 6.53. The summed E-state index contributed by atoms with van der Waals surface area (Å²) in [6.45, 7) is 2.07. The average molecular weight is 499 g/mol. The van der Waals surface area contributed by atoms with Crippen molar-refractivity contribution < 1.29 is 14.3 Å². The Labute approximate surface area is 192 Å². The Balaban J connectivity index is 1.76. The van der Waals surface area contributed by atoms with Gasteiger partial charge in [-0.05, 0) is 55.0 Å². The van der Waals surface area contributed by atoms with Crippen LogP contribution in [0.15, 0.2) is 68.8 Å². The van der Waals surface area contributed by atoms with Crippen molar-refractivity contribution in [2.75, 3.05) is 19.5 Å². The number of methoxy groups -OCH3 is 1. The first kappa shape index (κ1) is 21.3. The van der Waals surface area contributed by atoms with E-state index in [4.69, 9.17) is 14.6 Å². The van der Waals surface area contributed by atoms with Crippen molar-refractivity contribution in [2.24, 2.45) is 5.10 Å². The van der Waals surface area contributed by atoms with Crippen molar-refractivity contribution in [3.8, 4) is 17.1 Å². The lowest BCUT2D eigenvalue weighted by molar-refractivity contribution is -0.137. The van der Waals surface area contributed by atoms with Gasteiger partial charge < -0.3 is 9.47 Å². The van der Waals surface area contributed by atoms with Crippen LogP contribution in [0.25, 0.3) is 17.5 Å². The molecule has 1 aromatic heterocycles. The van der Waals surface area contributed by atoms with E-state index in [-0.39, 0.29) is 6.61 Å². The number of halogens is 1. The van der Waals surface area contributed by atoms with Gasteiger partial charge in [0.2, 0.25) is 5.16 Å². The Bertz CT molecular complexity index is 1170. The van der Waals surface area contributed by atoms with Crippen LogP contribution in [0.2, 0.25) is 0 Å². The summed E-state index contributed by atoms with van der Waals surface area (Å²) in [6.07, 6.45) is 1.80. The van der Waals surface area contributed by atoms with E-state index in [1.165, 1.54) is 11.8 Å². The summed E-state index contributed by atoms with van der Waals surface area (Å²) in [5.74, 6) is 1.42. The molecule has 7 nitrogen and oxygen atoms in total. The van der Waals surface area contributed by atoms with Crippen molar-refractivity contribution in [2.45, 2.75) is 12.1 Å². The lowest BCUT2D eigenvalue weighted by Gasteiger charge is -2.16. The number of esters is 1.